The molecule has 1 amide bonds. The number of ketones is 2. The van der Waals surface area contributed by atoms with Crippen molar-refractivity contribution in [2.24, 2.45) is 17.6 Å². The van der Waals surface area contributed by atoms with Gasteiger partial charge in [-0.3, -0.25) is 24.1 Å². The van der Waals surface area contributed by atoms with Gasteiger partial charge in [-0.1, -0.05) is 0 Å². The van der Waals surface area contributed by atoms with E-state index in [0.717, 1.165) is 0 Å². The van der Waals surface area contributed by atoms with Crippen LogP contribution in [0.3, 0.4) is 0 Å². The number of aliphatic hydroxyl groups is 3. The van der Waals surface area contributed by atoms with E-state index in [2.05, 4.69) is 5.32 Å². The predicted molar refractivity (Wildman–Crippen MR) is 143 cm³/mol. The standard InChI is InChI=1S/C27H34N4O9/c1-6-40-16(32)10-29-14-9-15(30(2)3)12-7-11-8-13-20(31(4)5)23(35)19(26(28)38)25(37)27(13,39)24(36)17(11)22(34)18(12)21(14)33/h9,11,13,20,29,33,35-36,39H,6-8,10H2,1-5H3,(H2,28,38)/t11?,13?,20-,27?/m0/s1. The Morgan fingerprint density at radius 1 is 1.18 bits per heavy atom. The van der Waals surface area contributed by atoms with Crippen LogP contribution in [0.15, 0.2) is 28.7 Å². The third kappa shape index (κ3) is 4.16. The molecule has 0 saturated carbocycles. The molecule has 0 aromatic heterocycles. The quantitative estimate of drug-likeness (QED) is 0.151. The number of ether oxygens (including phenoxy) is 1. The van der Waals surface area contributed by atoms with Gasteiger partial charge in [0.25, 0.3) is 5.91 Å². The van der Waals surface area contributed by atoms with E-state index in [-0.39, 0.29) is 42.8 Å². The van der Waals surface area contributed by atoms with Crippen molar-refractivity contribution in [3.63, 3.8) is 0 Å². The molecule has 3 aliphatic rings. The molecule has 4 rings (SSSR count). The Bertz CT molecular complexity index is 1380. The molecule has 0 saturated heterocycles. The number of likely N-dealkylation sites (N-methyl/N-ethyl adjacent to an activating group) is 1. The number of hydrogen-bond donors (Lipinski definition) is 6. The SMILES string of the molecule is CCOC(=O)CNc1cc(N(C)C)c2c(c1O)C(=O)C1=C(O)C3(O)C(=O)C(C(N)=O)=C(O)[C@@H](N(C)C)C3CC1C2. The van der Waals surface area contributed by atoms with Crippen LogP contribution in [0.5, 0.6) is 5.75 Å². The van der Waals surface area contributed by atoms with Gasteiger partial charge in [0.1, 0.15) is 29.4 Å². The van der Waals surface area contributed by atoms with E-state index in [4.69, 9.17) is 10.5 Å². The van der Waals surface area contributed by atoms with Crippen molar-refractivity contribution >= 4 is 34.8 Å². The molecule has 1 aromatic carbocycles. The number of aliphatic hydroxyl groups excluding tert-OH is 2. The molecule has 0 radical (unpaired) electrons. The number of rotatable bonds is 7. The van der Waals surface area contributed by atoms with Gasteiger partial charge in [-0.2, -0.15) is 0 Å². The lowest BCUT2D eigenvalue weighted by Gasteiger charge is -2.50. The molecule has 40 heavy (non-hydrogen) atoms. The molecule has 13 heteroatoms. The van der Waals surface area contributed by atoms with Crippen molar-refractivity contribution in [1.82, 2.24) is 4.90 Å². The van der Waals surface area contributed by atoms with Crippen molar-refractivity contribution < 1.29 is 44.3 Å². The number of nitrogens with zero attached hydrogens (tertiary/aromatic N) is 2. The summed E-state index contributed by atoms with van der Waals surface area (Å²) in [5.74, 6) is -7.82. The van der Waals surface area contributed by atoms with Crippen LogP contribution in [0.2, 0.25) is 0 Å². The minimum absolute atomic E-state index is 0.0117. The molecule has 4 atom stereocenters. The molecular weight excluding hydrogens is 524 g/mol. The fourth-order valence-electron chi connectivity index (χ4n) is 6.21. The summed E-state index contributed by atoms with van der Waals surface area (Å²) in [7, 11) is 6.62. The highest BCUT2D eigenvalue weighted by Gasteiger charge is 2.63. The zero-order chi connectivity index (χ0) is 29.8. The third-order valence-corrected chi connectivity index (χ3v) is 7.91. The van der Waals surface area contributed by atoms with Crippen LogP contribution in [0, 0.1) is 11.8 Å². The number of esters is 1. The normalized spacial score (nSPS) is 25.8. The van der Waals surface area contributed by atoms with Crippen molar-refractivity contribution in [2.75, 3.05) is 51.6 Å². The number of phenolic OH excluding ortho intramolecular Hbond substituents is 1. The van der Waals surface area contributed by atoms with Crippen molar-refractivity contribution in [1.29, 1.82) is 0 Å². The Labute approximate surface area is 230 Å². The molecule has 3 unspecified atom stereocenters. The second kappa shape index (κ2) is 10.1. The van der Waals surface area contributed by atoms with Gasteiger partial charge in [-0.05, 0) is 51.4 Å². The second-order valence-electron chi connectivity index (χ2n) is 10.7. The molecule has 0 bridgehead atoms. The average molecular weight is 559 g/mol. The summed E-state index contributed by atoms with van der Waals surface area (Å²) in [5, 5.41) is 47.9. The minimum Gasteiger partial charge on any atom is -0.510 e. The average Bonchev–Trinajstić information content (AvgIpc) is 2.85. The summed E-state index contributed by atoms with van der Waals surface area (Å²) in [6.45, 7) is 1.53. The molecule has 7 N–H and O–H groups in total. The summed E-state index contributed by atoms with van der Waals surface area (Å²) >= 11 is 0. The number of Topliss-reactive ketones (excluding diaryl/α,β-unsaturated/α-hetero) is 2. The van der Waals surface area contributed by atoms with Crippen molar-refractivity contribution in [3.8, 4) is 5.75 Å². The summed E-state index contributed by atoms with van der Waals surface area (Å²) in [6, 6.07) is 0.524. The zero-order valence-corrected chi connectivity index (χ0v) is 22.9. The lowest BCUT2D eigenvalue weighted by Crippen LogP contribution is -2.63. The Balaban J connectivity index is 1.90. The number of carbonyl (C=O) groups excluding carboxylic acids is 4. The van der Waals surface area contributed by atoms with E-state index in [9.17, 15) is 39.6 Å². The lowest BCUT2D eigenvalue weighted by atomic mass is 9.58. The predicted octanol–water partition coefficient (Wildman–Crippen LogP) is 0.162. The van der Waals surface area contributed by atoms with Crippen LogP contribution in [-0.4, -0.2) is 102 Å². The summed E-state index contributed by atoms with van der Waals surface area (Å²) in [4.78, 5) is 54.6. The van der Waals surface area contributed by atoms with Gasteiger partial charge >= 0.3 is 5.97 Å². The van der Waals surface area contributed by atoms with Crippen LogP contribution >= 0.6 is 0 Å². The Morgan fingerprint density at radius 2 is 1.82 bits per heavy atom. The van der Waals surface area contributed by atoms with Crippen LogP contribution in [0.1, 0.15) is 29.3 Å². The first-order valence-electron chi connectivity index (χ1n) is 12.8. The smallest absolute Gasteiger partial charge is 0.325 e. The van der Waals surface area contributed by atoms with E-state index in [0.29, 0.717) is 11.3 Å². The van der Waals surface area contributed by atoms with E-state index < -0.39 is 69.8 Å². The highest BCUT2D eigenvalue weighted by atomic mass is 16.5. The van der Waals surface area contributed by atoms with Crippen LogP contribution in [-0.2, 0) is 25.5 Å². The van der Waals surface area contributed by atoms with Gasteiger partial charge in [0.2, 0.25) is 5.78 Å². The summed E-state index contributed by atoms with van der Waals surface area (Å²) in [5.41, 5.74) is 2.47. The maximum atomic E-state index is 14.0. The van der Waals surface area contributed by atoms with Crippen molar-refractivity contribution in [3.05, 3.63) is 39.9 Å². The maximum Gasteiger partial charge on any atom is 0.325 e. The molecular formula is C27H34N4O9. The Kier molecular flexibility index (Phi) is 7.32. The number of amides is 1. The number of aromatic hydroxyl groups is 1. The number of carbonyl (C=O) groups is 4. The number of benzene rings is 1. The van der Waals surface area contributed by atoms with Crippen LogP contribution in [0.25, 0.3) is 0 Å². The van der Waals surface area contributed by atoms with Gasteiger partial charge in [0, 0.05) is 31.3 Å². The number of anilines is 2. The van der Waals surface area contributed by atoms with Gasteiger partial charge in [0.15, 0.2) is 11.4 Å². The topological polar surface area (TPSA) is 203 Å². The monoisotopic (exact) mass is 558 g/mol. The number of fused-ring (bicyclic) bond motifs is 3. The molecule has 0 spiro atoms. The molecule has 13 nitrogen and oxygen atoms in total. The minimum atomic E-state index is -2.72. The number of nitrogens with two attached hydrogens (primary N) is 1. The molecule has 1 aromatic rings. The van der Waals surface area contributed by atoms with E-state index in [1.807, 2.05) is 0 Å². The van der Waals surface area contributed by atoms with Crippen LogP contribution in [0.4, 0.5) is 11.4 Å². The highest BCUT2D eigenvalue weighted by molar-refractivity contribution is 6.25. The largest absolute Gasteiger partial charge is 0.510 e. The number of nitrogens with one attached hydrogen (secondary N) is 1. The molecule has 0 aliphatic heterocycles. The first kappa shape index (κ1) is 28.9. The molecule has 0 heterocycles. The van der Waals surface area contributed by atoms with Gasteiger partial charge < -0.3 is 41.1 Å². The number of allylic oxidation sites excluding steroid dienone is 1. The highest BCUT2D eigenvalue weighted by Crippen LogP contribution is 2.53. The van der Waals surface area contributed by atoms with Gasteiger partial charge in [-0.15, -0.1) is 0 Å². The van der Waals surface area contributed by atoms with Gasteiger partial charge in [0.05, 0.1) is 23.9 Å². The molecule has 216 valence electrons. The number of primary amides is 1. The second-order valence-corrected chi connectivity index (χ2v) is 10.7. The summed E-state index contributed by atoms with van der Waals surface area (Å²) in [6.07, 6.45) is 0.135. The van der Waals surface area contributed by atoms with E-state index in [1.165, 1.54) is 4.90 Å². The lowest BCUT2D eigenvalue weighted by molar-refractivity contribution is -0.148. The first-order valence-corrected chi connectivity index (χ1v) is 12.8. The van der Waals surface area contributed by atoms with E-state index >= 15 is 0 Å². The first-order chi connectivity index (χ1) is 18.7. The fourth-order valence-corrected chi connectivity index (χ4v) is 6.21. The van der Waals surface area contributed by atoms with Crippen molar-refractivity contribution in [2.45, 2.75) is 31.4 Å². The van der Waals surface area contributed by atoms with Gasteiger partial charge in [-0.25, -0.2) is 0 Å². The Hall–Kier alpha value is -4.10. The maximum absolute atomic E-state index is 14.0. The number of hydrogen-bond acceptors (Lipinski definition) is 12. The fraction of sp³-hybridized carbons (Fsp3) is 0.481. The Morgan fingerprint density at radius 3 is 2.38 bits per heavy atom. The number of phenols is 1. The van der Waals surface area contributed by atoms with E-state index in [1.54, 1.807) is 46.1 Å². The summed E-state index contributed by atoms with van der Waals surface area (Å²) < 4.78 is 4.91. The third-order valence-electron chi connectivity index (χ3n) is 7.91. The van der Waals surface area contributed by atoms with Crippen LogP contribution < -0.4 is 16.0 Å². The molecule has 0 fully saturated rings. The molecule has 3 aliphatic carbocycles. The zero-order valence-electron chi connectivity index (χ0n) is 22.9.